The van der Waals surface area contributed by atoms with Gasteiger partial charge in [-0.15, -0.1) is 0 Å². The van der Waals surface area contributed by atoms with E-state index < -0.39 is 11.2 Å². The number of hydrogen-bond donors (Lipinski definition) is 2. The van der Waals surface area contributed by atoms with Crippen LogP contribution in [0.5, 0.6) is 0 Å². The number of aryl methyl sites for hydroxylation is 1. The SMILES string of the molecule is CC1CN(c2ccc(CNC(=O)CCn3c(=O)[nH]c(=O)c4ccccc43)cn2)CCO1. The van der Waals surface area contributed by atoms with Crippen molar-refractivity contribution in [1.82, 2.24) is 19.9 Å². The lowest BCUT2D eigenvalue weighted by atomic mass is 10.2. The zero-order valence-corrected chi connectivity index (χ0v) is 17.3. The summed E-state index contributed by atoms with van der Waals surface area (Å²) in [5, 5.41) is 3.27. The average molecular weight is 423 g/mol. The number of benzene rings is 1. The Balaban J connectivity index is 1.34. The molecule has 0 bridgehead atoms. The van der Waals surface area contributed by atoms with Crippen LogP contribution in [0.25, 0.3) is 10.9 Å². The fourth-order valence-corrected chi connectivity index (χ4v) is 3.70. The van der Waals surface area contributed by atoms with Crippen molar-refractivity contribution in [2.24, 2.45) is 0 Å². The lowest BCUT2D eigenvalue weighted by Crippen LogP contribution is -2.41. The third-order valence-corrected chi connectivity index (χ3v) is 5.33. The van der Waals surface area contributed by atoms with E-state index in [1.165, 1.54) is 4.57 Å². The monoisotopic (exact) mass is 423 g/mol. The zero-order valence-electron chi connectivity index (χ0n) is 17.3. The van der Waals surface area contributed by atoms with E-state index in [4.69, 9.17) is 4.74 Å². The first-order valence-electron chi connectivity index (χ1n) is 10.3. The Morgan fingerprint density at radius 1 is 1.26 bits per heavy atom. The topological polar surface area (TPSA) is 109 Å². The van der Waals surface area contributed by atoms with Gasteiger partial charge in [-0.2, -0.15) is 0 Å². The fourth-order valence-electron chi connectivity index (χ4n) is 3.70. The summed E-state index contributed by atoms with van der Waals surface area (Å²) in [4.78, 5) is 45.4. The molecule has 1 unspecified atom stereocenters. The Hall–Kier alpha value is -3.46. The Bertz CT molecular complexity index is 1180. The molecule has 0 saturated carbocycles. The molecule has 31 heavy (non-hydrogen) atoms. The Morgan fingerprint density at radius 3 is 2.87 bits per heavy atom. The van der Waals surface area contributed by atoms with Crippen LogP contribution in [0.2, 0.25) is 0 Å². The first-order chi connectivity index (χ1) is 15.0. The molecule has 0 spiro atoms. The standard InChI is InChI=1S/C22H25N5O4/c1-15-14-26(10-11-31-15)19-7-6-16(12-23-19)13-24-20(28)8-9-27-18-5-3-2-4-17(18)21(29)25-22(27)30/h2-7,12,15H,8-11,13-14H2,1H3,(H,24,28)(H,25,29,30). The molecule has 1 aromatic carbocycles. The van der Waals surface area contributed by atoms with Crippen molar-refractivity contribution in [2.75, 3.05) is 24.6 Å². The predicted molar refractivity (Wildman–Crippen MR) is 117 cm³/mol. The molecule has 3 aromatic rings. The van der Waals surface area contributed by atoms with Gasteiger partial charge in [-0.25, -0.2) is 9.78 Å². The van der Waals surface area contributed by atoms with Crippen molar-refractivity contribution in [3.8, 4) is 0 Å². The maximum atomic E-state index is 12.3. The second kappa shape index (κ2) is 9.13. The van der Waals surface area contributed by atoms with Crippen LogP contribution >= 0.6 is 0 Å². The number of hydrogen-bond acceptors (Lipinski definition) is 6. The number of carbonyl (C=O) groups is 1. The molecule has 1 aliphatic heterocycles. The summed E-state index contributed by atoms with van der Waals surface area (Å²) in [6.07, 6.45) is 2.06. The summed E-state index contributed by atoms with van der Waals surface area (Å²) in [7, 11) is 0. The Labute approximate surface area is 178 Å². The van der Waals surface area contributed by atoms with Crippen LogP contribution in [0.4, 0.5) is 5.82 Å². The first kappa shape index (κ1) is 20.8. The number of nitrogens with one attached hydrogen (secondary N) is 2. The molecule has 1 aliphatic rings. The largest absolute Gasteiger partial charge is 0.375 e. The van der Waals surface area contributed by atoms with Gasteiger partial charge < -0.3 is 15.0 Å². The number of nitrogens with zero attached hydrogens (tertiary/aromatic N) is 3. The van der Waals surface area contributed by atoms with Crippen LogP contribution in [0.3, 0.4) is 0 Å². The van der Waals surface area contributed by atoms with E-state index in [0.29, 0.717) is 24.1 Å². The Morgan fingerprint density at radius 2 is 2.10 bits per heavy atom. The highest BCUT2D eigenvalue weighted by Crippen LogP contribution is 2.15. The second-order valence-electron chi connectivity index (χ2n) is 7.61. The minimum Gasteiger partial charge on any atom is -0.375 e. The van der Waals surface area contributed by atoms with Crippen molar-refractivity contribution in [2.45, 2.75) is 32.5 Å². The Kier molecular flexibility index (Phi) is 6.13. The molecule has 1 saturated heterocycles. The van der Waals surface area contributed by atoms with E-state index in [-0.39, 0.29) is 25.0 Å². The van der Waals surface area contributed by atoms with Gasteiger partial charge in [0.25, 0.3) is 5.56 Å². The third kappa shape index (κ3) is 4.83. The number of anilines is 1. The van der Waals surface area contributed by atoms with E-state index in [0.717, 1.165) is 24.5 Å². The van der Waals surface area contributed by atoms with Gasteiger partial charge >= 0.3 is 5.69 Å². The maximum absolute atomic E-state index is 12.3. The number of aromatic amines is 1. The van der Waals surface area contributed by atoms with Crippen LogP contribution in [0, 0.1) is 0 Å². The molecule has 9 heteroatoms. The van der Waals surface area contributed by atoms with Crippen molar-refractivity contribution in [3.05, 3.63) is 69.0 Å². The van der Waals surface area contributed by atoms with Crippen molar-refractivity contribution < 1.29 is 9.53 Å². The van der Waals surface area contributed by atoms with Gasteiger partial charge in [-0.3, -0.25) is 19.1 Å². The van der Waals surface area contributed by atoms with Gasteiger partial charge in [-0.05, 0) is 30.7 Å². The van der Waals surface area contributed by atoms with Gasteiger partial charge in [0, 0.05) is 38.8 Å². The second-order valence-corrected chi connectivity index (χ2v) is 7.61. The van der Waals surface area contributed by atoms with Gasteiger partial charge in [-0.1, -0.05) is 18.2 Å². The highest BCUT2D eigenvalue weighted by atomic mass is 16.5. The fraction of sp³-hybridized carbons (Fsp3) is 0.364. The number of aromatic nitrogens is 3. The molecule has 4 rings (SSSR count). The lowest BCUT2D eigenvalue weighted by Gasteiger charge is -2.32. The number of fused-ring (bicyclic) bond motifs is 1. The molecule has 162 valence electrons. The van der Waals surface area contributed by atoms with E-state index >= 15 is 0 Å². The molecule has 2 aromatic heterocycles. The number of para-hydroxylation sites is 1. The van der Waals surface area contributed by atoms with E-state index in [1.54, 1.807) is 30.5 Å². The minimum atomic E-state index is -0.520. The molecule has 2 N–H and O–H groups in total. The summed E-state index contributed by atoms with van der Waals surface area (Å²) >= 11 is 0. The number of rotatable bonds is 6. The molecular formula is C22H25N5O4. The number of pyridine rings is 1. The smallest absolute Gasteiger partial charge is 0.328 e. The van der Waals surface area contributed by atoms with Crippen molar-refractivity contribution in [3.63, 3.8) is 0 Å². The van der Waals surface area contributed by atoms with Crippen molar-refractivity contribution in [1.29, 1.82) is 0 Å². The number of morpholine rings is 1. The molecule has 9 nitrogen and oxygen atoms in total. The molecular weight excluding hydrogens is 398 g/mol. The van der Waals surface area contributed by atoms with Crippen LogP contribution < -0.4 is 21.5 Å². The highest BCUT2D eigenvalue weighted by molar-refractivity contribution is 5.78. The number of ether oxygens (including phenoxy) is 1. The van der Waals surface area contributed by atoms with Gasteiger partial charge in [0.05, 0.1) is 23.6 Å². The average Bonchev–Trinajstić information content (AvgIpc) is 2.78. The number of carbonyl (C=O) groups excluding carboxylic acids is 1. The molecule has 1 fully saturated rings. The van der Waals surface area contributed by atoms with Crippen LogP contribution in [0.15, 0.2) is 52.2 Å². The van der Waals surface area contributed by atoms with E-state index in [2.05, 4.69) is 20.2 Å². The quantitative estimate of drug-likeness (QED) is 0.613. The first-order valence-corrected chi connectivity index (χ1v) is 10.3. The van der Waals surface area contributed by atoms with Gasteiger partial charge in [0.15, 0.2) is 0 Å². The van der Waals surface area contributed by atoms with Crippen LogP contribution in [-0.4, -0.2) is 46.2 Å². The molecule has 1 atom stereocenters. The summed E-state index contributed by atoms with van der Waals surface area (Å²) in [6.45, 7) is 4.88. The molecule has 0 aliphatic carbocycles. The molecule has 1 amide bonds. The summed E-state index contributed by atoms with van der Waals surface area (Å²) < 4.78 is 6.97. The van der Waals surface area contributed by atoms with E-state index in [1.807, 2.05) is 19.1 Å². The van der Waals surface area contributed by atoms with E-state index in [9.17, 15) is 14.4 Å². The lowest BCUT2D eigenvalue weighted by molar-refractivity contribution is -0.121. The number of H-pyrrole nitrogens is 1. The summed E-state index contributed by atoms with van der Waals surface area (Å²) in [5.41, 5.74) is 0.462. The van der Waals surface area contributed by atoms with Crippen LogP contribution in [0.1, 0.15) is 18.9 Å². The minimum absolute atomic E-state index is 0.118. The summed E-state index contributed by atoms with van der Waals surface area (Å²) in [5.74, 6) is 0.711. The predicted octanol–water partition coefficient (Wildman–Crippen LogP) is 1.02. The zero-order chi connectivity index (χ0) is 21.8. The maximum Gasteiger partial charge on any atom is 0.328 e. The van der Waals surface area contributed by atoms with Gasteiger partial charge in [0.1, 0.15) is 5.82 Å². The normalized spacial score (nSPS) is 16.4. The molecule has 3 heterocycles. The third-order valence-electron chi connectivity index (χ3n) is 5.33. The van der Waals surface area contributed by atoms with Gasteiger partial charge in [0.2, 0.25) is 5.91 Å². The van der Waals surface area contributed by atoms with Crippen LogP contribution in [-0.2, 0) is 22.6 Å². The van der Waals surface area contributed by atoms with Crippen molar-refractivity contribution >= 4 is 22.6 Å². The molecule has 0 radical (unpaired) electrons. The highest BCUT2D eigenvalue weighted by Gasteiger charge is 2.17. The number of amides is 1. The summed E-state index contributed by atoms with van der Waals surface area (Å²) in [6, 6.07) is 10.7.